The van der Waals surface area contributed by atoms with E-state index in [9.17, 15) is 4.79 Å². The van der Waals surface area contributed by atoms with Gasteiger partial charge in [0.15, 0.2) is 0 Å². The average molecular weight is 482 g/mol. The molecule has 2 aromatic heterocycles. The fourth-order valence-corrected chi connectivity index (χ4v) is 4.66. The van der Waals surface area contributed by atoms with Crippen molar-refractivity contribution in [3.8, 4) is 5.75 Å². The zero-order valence-electron chi connectivity index (χ0n) is 18.9. The molecule has 0 aliphatic heterocycles. The number of carbonyl (C=O) groups is 1. The molecule has 0 saturated heterocycles. The first kappa shape index (κ1) is 23.3. The van der Waals surface area contributed by atoms with Gasteiger partial charge in [0.2, 0.25) is 0 Å². The molecular weight excluding hydrogens is 454 g/mol. The molecule has 5 nitrogen and oxygen atoms in total. The zero-order chi connectivity index (χ0) is 23.2. The summed E-state index contributed by atoms with van der Waals surface area (Å²) in [5, 5.41) is 5.70. The number of aromatic nitrogens is 2. The topological polar surface area (TPSA) is 56.1 Å². The lowest BCUT2D eigenvalue weighted by Crippen LogP contribution is -2.24. The minimum atomic E-state index is -0.0108. The van der Waals surface area contributed by atoms with Crippen molar-refractivity contribution in [2.45, 2.75) is 39.7 Å². The van der Waals surface area contributed by atoms with Crippen molar-refractivity contribution in [3.05, 3.63) is 80.8 Å². The molecule has 172 valence electrons. The largest absolute Gasteiger partial charge is 0.494 e. The summed E-state index contributed by atoms with van der Waals surface area (Å²) in [5.41, 5.74) is 4.19. The Balaban J connectivity index is 1.34. The molecule has 0 spiro atoms. The molecule has 0 aliphatic rings. The third kappa shape index (κ3) is 5.75. The maximum Gasteiger partial charge on any atom is 0.261 e. The highest BCUT2D eigenvalue weighted by Crippen LogP contribution is 2.26. The summed E-state index contributed by atoms with van der Waals surface area (Å²) in [5.74, 6) is 1.88. The summed E-state index contributed by atoms with van der Waals surface area (Å²) in [4.78, 5) is 17.7. The maximum absolute atomic E-state index is 12.1. The van der Waals surface area contributed by atoms with Crippen LogP contribution in [0.25, 0.3) is 11.0 Å². The van der Waals surface area contributed by atoms with Crippen LogP contribution in [0, 0.1) is 13.8 Å². The van der Waals surface area contributed by atoms with Gasteiger partial charge in [0.1, 0.15) is 11.6 Å². The fourth-order valence-electron chi connectivity index (χ4n) is 3.91. The number of para-hydroxylation sites is 2. The molecule has 0 saturated carbocycles. The van der Waals surface area contributed by atoms with Gasteiger partial charge in [-0.3, -0.25) is 4.79 Å². The van der Waals surface area contributed by atoms with Crippen molar-refractivity contribution in [1.82, 2.24) is 14.9 Å². The second-order valence-electron chi connectivity index (χ2n) is 8.08. The van der Waals surface area contributed by atoms with Gasteiger partial charge in [-0.25, -0.2) is 4.98 Å². The molecule has 1 N–H and O–H groups in total. The first-order valence-corrected chi connectivity index (χ1v) is 12.4. The summed E-state index contributed by atoms with van der Waals surface area (Å²) in [7, 11) is 0. The van der Waals surface area contributed by atoms with Gasteiger partial charge in [-0.2, -0.15) is 0 Å². The molecule has 33 heavy (non-hydrogen) atoms. The van der Waals surface area contributed by atoms with Crippen LogP contribution in [0.3, 0.4) is 0 Å². The van der Waals surface area contributed by atoms with E-state index in [1.807, 2.05) is 61.7 Å². The van der Waals surface area contributed by atoms with Crippen molar-refractivity contribution in [2.75, 3.05) is 13.2 Å². The van der Waals surface area contributed by atoms with Crippen LogP contribution in [0.15, 0.2) is 53.9 Å². The molecule has 1 amide bonds. The first-order valence-electron chi connectivity index (χ1n) is 11.2. The monoisotopic (exact) mass is 481 g/mol. The number of hydrogen-bond acceptors (Lipinski definition) is 4. The molecular formula is C26H28ClN3O2S. The summed E-state index contributed by atoms with van der Waals surface area (Å²) in [6.45, 7) is 6.05. The summed E-state index contributed by atoms with van der Waals surface area (Å²) < 4.78 is 8.27. The van der Waals surface area contributed by atoms with E-state index in [1.165, 1.54) is 11.3 Å². The number of imidazole rings is 1. The zero-order valence-corrected chi connectivity index (χ0v) is 20.5. The average Bonchev–Trinajstić information content (AvgIpc) is 3.46. The lowest BCUT2D eigenvalue weighted by Gasteiger charge is -2.12. The van der Waals surface area contributed by atoms with E-state index in [1.54, 1.807) is 0 Å². The van der Waals surface area contributed by atoms with Gasteiger partial charge >= 0.3 is 0 Å². The predicted octanol–water partition coefficient (Wildman–Crippen LogP) is 6.20. The molecule has 7 heteroatoms. The number of amides is 1. The Morgan fingerprint density at radius 2 is 1.91 bits per heavy atom. The van der Waals surface area contributed by atoms with Crippen LogP contribution in [-0.2, 0) is 13.0 Å². The van der Waals surface area contributed by atoms with Gasteiger partial charge in [-0.15, -0.1) is 11.3 Å². The van der Waals surface area contributed by atoms with Crippen molar-refractivity contribution < 1.29 is 9.53 Å². The number of thiophene rings is 1. The van der Waals surface area contributed by atoms with E-state index >= 15 is 0 Å². The second kappa shape index (κ2) is 10.9. The van der Waals surface area contributed by atoms with Crippen molar-refractivity contribution in [2.24, 2.45) is 0 Å². The first-order chi connectivity index (χ1) is 16.0. The Bertz CT molecular complexity index is 1210. The van der Waals surface area contributed by atoms with E-state index < -0.39 is 0 Å². The van der Waals surface area contributed by atoms with Gasteiger partial charge in [0, 0.05) is 24.5 Å². The third-order valence-corrected chi connectivity index (χ3v) is 7.01. The molecule has 0 fully saturated rings. The number of ether oxygens (including phenoxy) is 1. The minimum Gasteiger partial charge on any atom is -0.494 e. The Kier molecular flexibility index (Phi) is 7.68. The van der Waals surface area contributed by atoms with E-state index in [0.717, 1.165) is 69.4 Å². The standard InChI is InChI=1S/C26H28ClN3O2S/c1-18-16-20(17-19(2)25(18)27)32-14-7-13-30-22-9-4-3-8-21(22)29-24(30)11-5-12-28-26(31)23-10-6-15-33-23/h3-4,6,8-10,15-17H,5,7,11-14H2,1-2H3,(H,28,31). The summed E-state index contributed by atoms with van der Waals surface area (Å²) in [6.07, 6.45) is 2.50. The highest BCUT2D eigenvalue weighted by atomic mass is 35.5. The fraction of sp³-hybridized carbons (Fsp3) is 0.308. The van der Waals surface area contributed by atoms with Crippen molar-refractivity contribution in [3.63, 3.8) is 0 Å². The molecule has 4 aromatic rings. The molecule has 0 unspecified atom stereocenters. The Hall–Kier alpha value is -2.83. The number of rotatable bonds is 10. The quantitative estimate of drug-likeness (QED) is 0.274. The number of nitrogens with zero attached hydrogens (tertiary/aromatic N) is 2. The highest BCUT2D eigenvalue weighted by Gasteiger charge is 2.11. The van der Waals surface area contributed by atoms with Crippen molar-refractivity contribution in [1.29, 1.82) is 0 Å². The smallest absolute Gasteiger partial charge is 0.261 e. The van der Waals surface area contributed by atoms with Crippen LogP contribution < -0.4 is 10.1 Å². The highest BCUT2D eigenvalue weighted by molar-refractivity contribution is 7.12. The van der Waals surface area contributed by atoms with E-state index in [2.05, 4.69) is 16.0 Å². The lowest BCUT2D eigenvalue weighted by molar-refractivity contribution is 0.0957. The van der Waals surface area contributed by atoms with Crippen LogP contribution in [0.5, 0.6) is 5.75 Å². The number of hydrogen-bond donors (Lipinski definition) is 1. The normalized spacial score (nSPS) is 11.1. The van der Waals surface area contributed by atoms with E-state index in [4.69, 9.17) is 21.3 Å². The molecule has 0 aliphatic carbocycles. The summed E-state index contributed by atoms with van der Waals surface area (Å²) in [6, 6.07) is 15.9. The van der Waals surface area contributed by atoms with Crippen LogP contribution in [-0.4, -0.2) is 28.6 Å². The van der Waals surface area contributed by atoms with Gasteiger partial charge in [-0.05, 0) is 73.5 Å². The SMILES string of the molecule is Cc1cc(OCCCn2c(CCCNC(=O)c3cccs3)nc3ccccc32)cc(C)c1Cl. The Labute approximate surface area is 203 Å². The minimum absolute atomic E-state index is 0.0108. The molecule has 2 heterocycles. The molecule has 4 rings (SSSR count). The number of benzene rings is 2. The molecule has 0 atom stereocenters. The number of nitrogens with one attached hydrogen (secondary N) is 1. The van der Waals surface area contributed by atoms with Crippen LogP contribution >= 0.6 is 22.9 Å². The number of halogens is 1. The predicted molar refractivity (Wildman–Crippen MR) is 136 cm³/mol. The van der Waals surface area contributed by atoms with Crippen molar-refractivity contribution >= 4 is 39.9 Å². The van der Waals surface area contributed by atoms with E-state index in [-0.39, 0.29) is 5.91 Å². The third-order valence-electron chi connectivity index (χ3n) is 5.55. The lowest BCUT2D eigenvalue weighted by atomic mass is 10.1. The van der Waals surface area contributed by atoms with Crippen LogP contribution in [0.4, 0.5) is 0 Å². The number of carbonyl (C=O) groups excluding carboxylic acids is 1. The Morgan fingerprint density at radius 1 is 1.12 bits per heavy atom. The molecule has 2 aromatic carbocycles. The van der Waals surface area contributed by atoms with Crippen LogP contribution in [0.1, 0.15) is 39.5 Å². The Morgan fingerprint density at radius 3 is 2.67 bits per heavy atom. The van der Waals surface area contributed by atoms with Crippen LogP contribution in [0.2, 0.25) is 5.02 Å². The molecule has 0 radical (unpaired) electrons. The van der Waals surface area contributed by atoms with Gasteiger partial charge in [0.05, 0.1) is 22.5 Å². The second-order valence-corrected chi connectivity index (χ2v) is 9.40. The molecule has 0 bridgehead atoms. The van der Waals surface area contributed by atoms with Gasteiger partial charge < -0.3 is 14.6 Å². The maximum atomic E-state index is 12.1. The number of aryl methyl sites for hydroxylation is 4. The summed E-state index contributed by atoms with van der Waals surface area (Å²) >= 11 is 7.71. The van der Waals surface area contributed by atoms with Gasteiger partial charge in [-0.1, -0.05) is 29.8 Å². The van der Waals surface area contributed by atoms with E-state index in [0.29, 0.717) is 13.2 Å². The van der Waals surface area contributed by atoms with Gasteiger partial charge in [0.25, 0.3) is 5.91 Å². The number of fused-ring (bicyclic) bond motifs is 1.